The average molecular weight is 190 g/mol. The van der Waals surface area contributed by atoms with Crippen molar-refractivity contribution in [1.29, 1.82) is 0 Å². The van der Waals surface area contributed by atoms with Crippen LogP contribution in [0.15, 0.2) is 18.5 Å². The number of nitrogens with zero attached hydrogens (tertiary/aromatic N) is 2. The second-order valence-electron chi connectivity index (χ2n) is 4.20. The number of hydrogen-bond donors (Lipinski definition) is 0. The van der Waals surface area contributed by atoms with E-state index < -0.39 is 0 Å². The maximum absolute atomic E-state index is 5.72. The Morgan fingerprint density at radius 1 is 1.57 bits per heavy atom. The van der Waals surface area contributed by atoms with Crippen LogP contribution in [0.4, 0.5) is 0 Å². The predicted molar refractivity (Wildman–Crippen MR) is 53.2 cm³/mol. The molecule has 74 valence electrons. The number of likely N-dealkylation sites (tertiary alicyclic amines) is 1. The van der Waals surface area contributed by atoms with Gasteiger partial charge in [0, 0.05) is 29.9 Å². The van der Waals surface area contributed by atoms with E-state index in [0.717, 1.165) is 12.4 Å². The summed E-state index contributed by atoms with van der Waals surface area (Å²) in [7, 11) is 2.19. The molecule has 0 amide bonds. The molecular formula is C11H14N2O. The van der Waals surface area contributed by atoms with Crippen molar-refractivity contribution in [2.45, 2.75) is 12.5 Å². The molecule has 0 radical (unpaired) electrons. The maximum Gasteiger partial charge on any atom is 0.127 e. The Labute approximate surface area is 83.7 Å². The molecule has 2 atom stereocenters. The Kier molecular flexibility index (Phi) is 1.74. The quantitative estimate of drug-likeness (QED) is 0.619. The Bertz CT molecular complexity index is 353. The summed E-state index contributed by atoms with van der Waals surface area (Å²) in [4.78, 5) is 6.60. The van der Waals surface area contributed by atoms with Gasteiger partial charge in [0.2, 0.25) is 0 Å². The fourth-order valence-electron chi connectivity index (χ4n) is 2.64. The van der Waals surface area contributed by atoms with Gasteiger partial charge < -0.3 is 4.74 Å². The number of hydrogen-bond acceptors (Lipinski definition) is 3. The molecule has 0 N–H and O–H groups in total. The van der Waals surface area contributed by atoms with E-state index in [0.29, 0.717) is 12.0 Å². The zero-order valence-electron chi connectivity index (χ0n) is 8.31. The lowest BCUT2D eigenvalue weighted by molar-refractivity contribution is 0.163. The lowest BCUT2D eigenvalue weighted by atomic mass is 9.93. The van der Waals surface area contributed by atoms with Gasteiger partial charge in [-0.15, -0.1) is 0 Å². The molecule has 14 heavy (non-hydrogen) atoms. The minimum Gasteiger partial charge on any atom is -0.493 e. The van der Waals surface area contributed by atoms with Gasteiger partial charge in [-0.1, -0.05) is 0 Å². The van der Waals surface area contributed by atoms with Crippen molar-refractivity contribution in [2.24, 2.45) is 5.92 Å². The number of aromatic nitrogens is 1. The van der Waals surface area contributed by atoms with E-state index in [2.05, 4.69) is 16.9 Å². The van der Waals surface area contributed by atoms with Crippen LogP contribution in [0.5, 0.6) is 5.75 Å². The second-order valence-corrected chi connectivity index (χ2v) is 4.20. The number of fused-ring (bicyclic) bond motifs is 3. The summed E-state index contributed by atoms with van der Waals surface area (Å²) in [6.07, 6.45) is 5.00. The Hall–Kier alpha value is -1.09. The van der Waals surface area contributed by atoms with Crippen molar-refractivity contribution in [3.05, 3.63) is 24.0 Å². The Morgan fingerprint density at radius 2 is 2.50 bits per heavy atom. The molecular weight excluding hydrogens is 176 g/mol. The lowest BCUT2D eigenvalue weighted by Gasteiger charge is -2.31. The van der Waals surface area contributed by atoms with Gasteiger partial charge in [-0.05, 0) is 26.1 Å². The van der Waals surface area contributed by atoms with Gasteiger partial charge in [-0.3, -0.25) is 9.88 Å². The summed E-state index contributed by atoms with van der Waals surface area (Å²) in [6.45, 7) is 2.04. The average Bonchev–Trinajstić information content (AvgIpc) is 2.61. The SMILES string of the molecule is CN1CC[C@H]2COc3ccncc3[C@H]21. The molecule has 1 aromatic heterocycles. The predicted octanol–water partition coefficient (Wildman–Crippen LogP) is 1.47. The van der Waals surface area contributed by atoms with Crippen LogP contribution in [-0.4, -0.2) is 30.1 Å². The van der Waals surface area contributed by atoms with Crippen LogP contribution < -0.4 is 4.74 Å². The standard InChI is InChI=1S/C11H14N2O/c1-13-5-3-8-7-14-10-2-4-12-6-9(10)11(8)13/h2,4,6,8,11H,3,5,7H2,1H3/t8-,11-/m0/s1. The largest absolute Gasteiger partial charge is 0.493 e. The van der Waals surface area contributed by atoms with Crippen LogP contribution in [-0.2, 0) is 0 Å². The first-order valence-corrected chi connectivity index (χ1v) is 5.13. The van der Waals surface area contributed by atoms with Gasteiger partial charge in [0.15, 0.2) is 0 Å². The molecule has 2 aliphatic heterocycles. The molecule has 1 fully saturated rings. The third kappa shape index (κ3) is 1.05. The number of ether oxygens (including phenoxy) is 1. The van der Waals surface area contributed by atoms with Crippen molar-refractivity contribution in [3.8, 4) is 5.75 Å². The molecule has 3 rings (SSSR count). The summed E-state index contributed by atoms with van der Waals surface area (Å²) in [5, 5.41) is 0. The van der Waals surface area contributed by atoms with E-state index >= 15 is 0 Å². The van der Waals surface area contributed by atoms with Gasteiger partial charge in [0.05, 0.1) is 6.61 Å². The van der Waals surface area contributed by atoms with Gasteiger partial charge in [0.25, 0.3) is 0 Å². The third-order valence-electron chi connectivity index (χ3n) is 3.36. The van der Waals surface area contributed by atoms with E-state index in [1.165, 1.54) is 18.5 Å². The fraction of sp³-hybridized carbons (Fsp3) is 0.545. The van der Waals surface area contributed by atoms with Gasteiger partial charge >= 0.3 is 0 Å². The maximum atomic E-state index is 5.72. The van der Waals surface area contributed by atoms with Crippen LogP contribution in [0.25, 0.3) is 0 Å². The van der Waals surface area contributed by atoms with E-state index in [9.17, 15) is 0 Å². The van der Waals surface area contributed by atoms with Gasteiger partial charge in [-0.25, -0.2) is 0 Å². The lowest BCUT2D eigenvalue weighted by Crippen LogP contribution is -2.28. The highest BCUT2D eigenvalue weighted by atomic mass is 16.5. The molecule has 0 unspecified atom stereocenters. The van der Waals surface area contributed by atoms with Gasteiger partial charge in [0.1, 0.15) is 5.75 Å². The molecule has 1 aromatic rings. The monoisotopic (exact) mass is 190 g/mol. The first-order valence-electron chi connectivity index (χ1n) is 5.13. The highest BCUT2D eigenvalue weighted by Gasteiger charge is 2.38. The van der Waals surface area contributed by atoms with Crippen molar-refractivity contribution >= 4 is 0 Å². The highest BCUT2D eigenvalue weighted by molar-refractivity contribution is 5.36. The van der Waals surface area contributed by atoms with Crippen molar-refractivity contribution in [2.75, 3.05) is 20.2 Å². The van der Waals surface area contributed by atoms with Crippen molar-refractivity contribution < 1.29 is 4.74 Å². The minimum atomic E-state index is 0.535. The summed E-state index contributed by atoms with van der Waals surface area (Å²) in [5.74, 6) is 1.69. The summed E-state index contributed by atoms with van der Waals surface area (Å²) < 4.78 is 5.72. The topological polar surface area (TPSA) is 25.4 Å². The van der Waals surface area contributed by atoms with E-state index in [1.807, 2.05) is 12.3 Å². The first-order chi connectivity index (χ1) is 6.86. The molecule has 3 heteroatoms. The first kappa shape index (κ1) is 8.24. The molecule has 0 saturated carbocycles. The Morgan fingerprint density at radius 3 is 3.43 bits per heavy atom. The summed E-state index contributed by atoms with van der Waals surface area (Å²) in [5.41, 5.74) is 1.27. The third-order valence-corrected chi connectivity index (χ3v) is 3.36. The molecule has 0 spiro atoms. The zero-order chi connectivity index (χ0) is 9.54. The minimum absolute atomic E-state index is 0.535. The molecule has 3 heterocycles. The molecule has 0 aliphatic carbocycles. The number of pyridine rings is 1. The molecule has 1 saturated heterocycles. The molecule has 2 aliphatic rings. The van der Waals surface area contributed by atoms with Crippen molar-refractivity contribution in [1.82, 2.24) is 9.88 Å². The summed E-state index contributed by atoms with van der Waals surface area (Å²) in [6, 6.07) is 2.50. The van der Waals surface area contributed by atoms with Crippen molar-refractivity contribution in [3.63, 3.8) is 0 Å². The second kappa shape index (κ2) is 2.95. The normalized spacial score (nSPS) is 30.6. The number of rotatable bonds is 0. The highest BCUT2D eigenvalue weighted by Crippen LogP contribution is 2.43. The van der Waals surface area contributed by atoms with E-state index in [-0.39, 0.29) is 0 Å². The molecule has 0 bridgehead atoms. The smallest absolute Gasteiger partial charge is 0.127 e. The van der Waals surface area contributed by atoms with Crippen LogP contribution >= 0.6 is 0 Å². The van der Waals surface area contributed by atoms with E-state index in [4.69, 9.17) is 4.74 Å². The fourth-order valence-corrected chi connectivity index (χ4v) is 2.64. The molecule has 3 nitrogen and oxygen atoms in total. The van der Waals surface area contributed by atoms with Crippen LogP contribution in [0, 0.1) is 5.92 Å². The Balaban J connectivity index is 2.07. The van der Waals surface area contributed by atoms with Gasteiger partial charge in [-0.2, -0.15) is 0 Å². The van der Waals surface area contributed by atoms with Crippen LogP contribution in [0.3, 0.4) is 0 Å². The summed E-state index contributed by atoms with van der Waals surface area (Å²) >= 11 is 0. The van der Waals surface area contributed by atoms with E-state index in [1.54, 1.807) is 6.20 Å². The van der Waals surface area contributed by atoms with Crippen LogP contribution in [0.2, 0.25) is 0 Å². The zero-order valence-corrected chi connectivity index (χ0v) is 8.31. The molecule has 0 aromatic carbocycles. The van der Waals surface area contributed by atoms with Crippen LogP contribution in [0.1, 0.15) is 18.0 Å².